The maximum atomic E-state index is 13.1. The Kier molecular flexibility index (Phi) is 65.9. The topological polar surface area (TPSA) is 237 Å². The van der Waals surface area contributed by atoms with Gasteiger partial charge in [-0.1, -0.05) is 316 Å². The van der Waals surface area contributed by atoms with E-state index >= 15 is 0 Å². The van der Waals surface area contributed by atoms with E-state index in [1.165, 1.54) is 180 Å². The van der Waals surface area contributed by atoms with E-state index in [1.807, 2.05) is 0 Å². The van der Waals surface area contributed by atoms with Crippen LogP contribution in [0.4, 0.5) is 0 Å². The molecule has 0 aromatic heterocycles. The molecule has 0 amide bonds. The summed E-state index contributed by atoms with van der Waals surface area (Å²) < 4.78 is 68.4. The number of rotatable bonds is 73. The van der Waals surface area contributed by atoms with Gasteiger partial charge in [0.2, 0.25) is 0 Å². The van der Waals surface area contributed by atoms with Crippen LogP contribution in [0.15, 0.2) is 24.3 Å². The molecule has 19 heteroatoms. The van der Waals surface area contributed by atoms with Crippen LogP contribution in [0.3, 0.4) is 0 Å². The average Bonchev–Trinajstić information content (AvgIpc) is 3.75. The summed E-state index contributed by atoms with van der Waals surface area (Å²) in [6.45, 7) is 7.20. The van der Waals surface area contributed by atoms with Gasteiger partial charge in [-0.05, 0) is 57.3 Å². The predicted octanol–water partition coefficient (Wildman–Crippen LogP) is 21.6. The minimum atomic E-state index is -4.96. The average molecular weight is 1380 g/mol. The van der Waals surface area contributed by atoms with Crippen molar-refractivity contribution in [2.75, 3.05) is 39.6 Å². The molecule has 0 fully saturated rings. The fourth-order valence-electron chi connectivity index (χ4n) is 11.0. The maximum Gasteiger partial charge on any atom is 0.472 e. The maximum absolute atomic E-state index is 13.1. The van der Waals surface area contributed by atoms with Crippen LogP contribution in [-0.2, 0) is 65.4 Å². The van der Waals surface area contributed by atoms with Crippen molar-refractivity contribution in [3.63, 3.8) is 0 Å². The second-order valence-corrected chi connectivity index (χ2v) is 29.7. The number of carbonyl (C=O) groups is 4. The molecule has 0 aliphatic carbocycles. The van der Waals surface area contributed by atoms with Crippen LogP contribution in [0.2, 0.25) is 0 Å². The van der Waals surface area contributed by atoms with E-state index in [4.69, 9.17) is 37.0 Å². The van der Waals surface area contributed by atoms with E-state index in [0.717, 1.165) is 109 Å². The van der Waals surface area contributed by atoms with E-state index in [1.54, 1.807) is 0 Å². The molecule has 0 radical (unpaired) electrons. The Morgan fingerprint density at radius 3 is 0.872 bits per heavy atom. The number of carbonyl (C=O) groups excluding carboxylic acids is 4. The van der Waals surface area contributed by atoms with Gasteiger partial charge in [-0.2, -0.15) is 0 Å². The Bertz CT molecular complexity index is 1900. The van der Waals surface area contributed by atoms with Gasteiger partial charge in [-0.25, -0.2) is 9.13 Å². The number of phosphoric acid groups is 2. The molecule has 3 N–H and O–H groups in total. The second-order valence-electron chi connectivity index (χ2n) is 26.8. The Morgan fingerprint density at radius 2 is 0.574 bits per heavy atom. The number of aliphatic hydroxyl groups excluding tert-OH is 1. The molecular weight excluding hydrogens is 1230 g/mol. The van der Waals surface area contributed by atoms with Crippen LogP contribution >= 0.6 is 15.6 Å². The number of ether oxygens (including phenoxy) is 4. The van der Waals surface area contributed by atoms with Crippen LogP contribution in [0.1, 0.15) is 369 Å². The van der Waals surface area contributed by atoms with Crippen LogP contribution < -0.4 is 0 Å². The van der Waals surface area contributed by atoms with E-state index in [9.17, 15) is 43.2 Å². The third kappa shape index (κ3) is 68.1. The number of esters is 4. The molecular formula is C75H142O17P2. The van der Waals surface area contributed by atoms with Gasteiger partial charge in [0.05, 0.1) is 26.4 Å². The fourth-order valence-corrected chi connectivity index (χ4v) is 12.6. The summed E-state index contributed by atoms with van der Waals surface area (Å²) in [5.41, 5.74) is 0. The molecule has 0 aromatic rings. The highest BCUT2D eigenvalue weighted by Gasteiger charge is 2.30. The van der Waals surface area contributed by atoms with E-state index in [0.29, 0.717) is 25.7 Å². The van der Waals surface area contributed by atoms with Gasteiger partial charge < -0.3 is 33.8 Å². The van der Waals surface area contributed by atoms with Crippen molar-refractivity contribution in [3.05, 3.63) is 24.3 Å². The summed E-state index contributed by atoms with van der Waals surface area (Å²) in [6.07, 6.45) is 58.9. The predicted molar refractivity (Wildman–Crippen MR) is 381 cm³/mol. The minimum Gasteiger partial charge on any atom is -0.462 e. The minimum absolute atomic E-state index is 0.0857. The molecule has 17 nitrogen and oxygen atoms in total. The third-order valence-corrected chi connectivity index (χ3v) is 18.8. The fraction of sp³-hybridized carbons (Fsp3) is 0.893. The summed E-state index contributed by atoms with van der Waals surface area (Å²) >= 11 is 0. The third-order valence-electron chi connectivity index (χ3n) is 16.9. The van der Waals surface area contributed by atoms with Gasteiger partial charge in [0.1, 0.15) is 19.3 Å². The number of hydrogen-bond donors (Lipinski definition) is 3. The van der Waals surface area contributed by atoms with Gasteiger partial charge in [0.25, 0.3) is 0 Å². The lowest BCUT2D eigenvalue weighted by molar-refractivity contribution is -0.161. The molecule has 0 aliphatic heterocycles. The molecule has 0 heterocycles. The summed E-state index contributed by atoms with van der Waals surface area (Å²) in [6, 6.07) is 0. The van der Waals surface area contributed by atoms with Crippen LogP contribution in [0.25, 0.3) is 0 Å². The largest absolute Gasteiger partial charge is 0.472 e. The lowest BCUT2D eigenvalue weighted by Gasteiger charge is -2.21. The molecule has 0 rings (SSSR count). The molecule has 0 bridgehead atoms. The first-order chi connectivity index (χ1) is 45.5. The number of unbranched alkanes of at least 4 members (excludes halogenated alkanes) is 42. The molecule has 0 aliphatic rings. The number of phosphoric ester groups is 2. The molecule has 554 valence electrons. The van der Waals surface area contributed by atoms with Crippen molar-refractivity contribution >= 4 is 39.5 Å². The first-order valence-electron chi connectivity index (χ1n) is 38.5. The Labute approximate surface area is 573 Å². The van der Waals surface area contributed by atoms with Crippen LogP contribution in [0.5, 0.6) is 0 Å². The van der Waals surface area contributed by atoms with Crippen molar-refractivity contribution in [1.29, 1.82) is 0 Å². The Morgan fingerprint density at radius 1 is 0.330 bits per heavy atom. The normalized spacial score (nSPS) is 14.1. The van der Waals surface area contributed by atoms with Crippen LogP contribution in [0, 0.1) is 5.92 Å². The zero-order chi connectivity index (χ0) is 69.1. The van der Waals surface area contributed by atoms with Crippen molar-refractivity contribution in [1.82, 2.24) is 0 Å². The van der Waals surface area contributed by atoms with E-state index in [-0.39, 0.29) is 25.7 Å². The van der Waals surface area contributed by atoms with Crippen LogP contribution in [-0.4, -0.2) is 96.7 Å². The highest BCUT2D eigenvalue weighted by atomic mass is 31.2. The lowest BCUT2D eigenvalue weighted by atomic mass is 10.0. The second kappa shape index (κ2) is 67.7. The van der Waals surface area contributed by atoms with Crippen molar-refractivity contribution in [3.8, 4) is 0 Å². The molecule has 94 heavy (non-hydrogen) atoms. The molecule has 2 unspecified atom stereocenters. The first-order valence-corrected chi connectivity index (χ1v) is 41.4. The Hall–Kier alpha value is -2.46. The summed E-state index contributed by atoms with van der Waals surface area (Å²) in [5, 5.41) is 10.6. The summed E-state index contributed by atoms with van der Waals surface area (Å²) in [5.74, 6) is -1.41. The van der Waals surface area contributed by atoms with Gasteiger partial charge in [-0.15, -0.1) is 0 Å². The summed E-state index contributed by atoms with van der Waals surface area (Å²) in [7, 11) is -9.92. The smallest absolute Gasteiger partial charge is 0.462 e. The highest BCUT2D eigenvalue weighted by molar-refractivity contribution is 7.47. The zero-order valence-corrected chi connectivity index (χ0v) is 62.4. The van der Waals surface area contributed by atoms with Gasteiger partial charge >= 0.3 is 39.5 Å². The number of hydrogen-bond acceptors (Lipinski definition) is 15. The van der Waals surface area contributed by atoms with E-state index < -0.39 is 97.5 Å². The van der Waals surface area contributed by atoms with E-state index in [2.05, 4.69) is 58.9 Å². The van der Waals surface area contributed by atoms with Crippen molar-refractivity contribution in [2.24, 2.45) is 5.92 Å². The molecule has 0 spiro atoms. The Balaban J connectivity index is 5.29. The number of aliphatic hydroxyl groups is 1. The van der Waals surface area contributed by atoms with Crippen molar-refractivity contribution < 1.29 is 80.2 Å². The summed E-state index contributed by atoms with van der Waals surface area (Å²) in [4.78, 5) is 72.8. The lowest BCUT2D eigenvalue weighted by Crippen LogP contribution is -2.30. The van der Waals surface area contributed by atoms with Crippen molar-refractivity contribution in [2.45, 2.75) is 387 Å². The standard InChI is InChI=1S/C75H142O17P2/c1-6-9-12-15-18-21-24-27-29-31-34-39-44-49-54-59-73(78)86-64-70(91-74(79)60-55-50-45-40-35-32-30-28-25-22-19-16-13-10-7-2)66-89-93(81,82)87-62-69(76)63-88-94(83,84)90-67-71(92-75(80)61-56-51-46-41-36-37-42-47-52-57-68(4)5)65-85-72(77)58-53-48-43-38-33-26-23-20-17-14-11-8-3/h22,25,28,30,68-71,76H,6-21,23-24,26-27,29,31-67H2,1-5H3,(H,81,82)(H,83,84)/b25-22-,30-28-/t69-,70-,71-/m1/s1. The quantitative estimate of drug-likeness (QED) is 0.0169. The SMILES string of the molecule is CCCCCC/C=C\C=C/CCCCCCCC(=O)O[C@H](COC(=O)CCCCCCCCCCCCCCCCC)COP(=O)(O)OC[C@@H](O)COP(=O)(O)OC[C@@H](COC(=O)CCCCCCCCCCCCCC)OC(=O)CCCCCCCCCCCC(C)C. The molecule has 0 saturated heterocycles. The monoisotopic (exact) mass is 1380 g/mol. The number of allylic oxidation sites excluding steroid dienone is 4. The molecule has 0 aromatic carbocycles. The van der Waals surface area contributed by atoms with Gasteiger partial charge in [0.15, 0.2) is 12.2 Å². The van der Waals surface area contributed by atoms with Gasteiger partial charge in [0, 0.05) is 25.7 Å². The zero-order valence-electron chi connectivity index (χ0n) is 60.6. The molecule has 0 saturated carbocycles. The molecule has 5 atom stereocenters. The first kappa shape index (κ1) is 91.5. The highest BCUT2D eigenvalue weighted by Crippen LogP contribution is 2.45. The van der Waals surface area contributed by atoms with Gasteiger partial charge in [-0.3, -0.25) is 37.3 Å².